The van der Waals surface area contributed by atoms with E-state index in [4.69, 9.17) is 45.9 Å². The summed E-state index contributed by atoms with van der Waals surface area (Å²) in [6.07, 6.45) is 0. The zero-order valence-electron chi connectivity index (χ0n) is 36.6. The van der Waals surface area contributed by atoms with Gasteiger partial charge in [-0.2, -0.15) is 26.3 Å². The summed E-state index contributed by atoms with van der Waals surface area (Å²) in [4.78, 5) is 37.3. The Morgan fingerprint density at radius 1 is 0.300 bits per heavy atom. The van der Waals surface area contributed by atoms with E-state index in [9.17, 15) is 26.3 Å². The van der Waals surface area contributed by atoms with Crippen LogP contribution >= 0.6 is 0 Å². The second-order valence-electron chi connectivity index (χ2n) is 14.1. The molecule has 70 heavy (non-hydrogen) atoms. The number of aryl methyl sites for hydroxylation is 4. The normalized spacial score (nSPS) is 11.1. The van der Waals surface area contributed by atoms with Gasteiger partial charge in [0.2, 0.25) is 0 Å². The molecule has 14 nitrogen and oxygen atoms in total. The summed E-state index contributed by atoms with van der Waals surface area (Å²) in [6.45, 7) is 7.92. The number of aromatic nitrogens is 8. The van der Waals surface area contributed by atoms with E-state index in [1.165, 1.54) is 0 Å². The quantitative estimate of drug-likeness (QED) is 0.0655. The topological polar surface area (TPSA) is 218 Å². The van der Waals surface area contributed by atoms with E-state index in [1.54, 1.807) is 0 Å². The van der Waals surface area contributed by atoms with Gasteiger partial charge in [0.15, 0.2) is 20.2 Å². The smallest absolute Gasteiger partial charge is 0.741 e. The van der Waals surface area contributed by atoms with Crippen molar-refractivity contribution < 1.29 is 97.0 Å². The van der Waals surface area contributed by atoms with Crippen LogP contribution in [0.2, 0.25) is 0 Å². The Hall–Kier alpha value is -5.92. The van der Waals surface area contributed by atoms with Crippen LogP contribution < -0.4 is 0 Å². The van der Waals surface area contributed by atoms with Crippen LogP contribution in [0.4, 0.5) is 26.3 Å². The molecule has 0 saturated carbocycles. The summed E-state index contributed by atoms with van der Waals surface area (Å²) in [5.74, 6) is 0. The molecule has 0 atom stereocenters. The van der Waals surface area contributed by atoms with Crippen molar-refractivity contribution in [2.24, 2.45) is 0 Å². The molecular weight excluding hydrogens is 1150 g/mol. The van der Waals surface area contributed by atoms with Crippen molar-refractivity contribution in [3.05, 3.63) is 168 Å². The van der Waals surface area contributed by atoms with Crippen LogP contribution in [0.3, 0.4) is 0 Å². The second kappa shape index (κ2) is 25.3. The predicted molar refractivity (Wildman–Crippen MR) is 238 cm³/mol. The van der Waals surface area contributed by atoms with Crippen molar-refractivity contribution in [1.82, 2.24) is 39.9 Å². The van der Waals surface area contributed by atoms with E-state index < -0.39 is 31.3 Å². The molecular formula is C46H36Ag2F6N8O6S2. The molecule has 24 heteroatoms. The molecule has 8 aromatic rings. The van der Waals surface area contributed by atoms with Gasteiger partial charge in [-0.25, -0.2) is 36.8 Å². The Labute approximate surface area is 429 Å². The van der Waals surface area contributed by atoms with Gasteiger partial charge < -0.3 is 9.11 Å². The molecule has 8 rings (SSSR count). The minimum atomic E-state index is -6.09. The zero-order valence-corrected chi connectivity index (χ0v) is 41.2. The molecule has 0 saturated heterocycles. The number of hydrogen-bond acceptors (Lipinski definition) is 14. The Balaban J connectivity index is 0.000000278. The predicted octanol–water partition coefficient (Wildman–Crippen LogP) is 9.87. The van der Waals surface area contributed by atoms with Crippen LogP contribution in [0.15, 0.2) is 146 Å². The molecule has 0 aliphatic carbocycles. The van der Waals surface area contributed by atoms with Gasteiger partial charge in [0.1, 0.15) is 0 Å². The summed E-state index contributed by atoms with van der Waals surface area (Å²) >= 11 is 0. The molecule has 0 spiro atoms. The first-order valence-electron chi connectivity index (χ1n) is 19.6. The Morgan fingerprint density at radius 2 is 0.414 bits per heavy atom. The van der Waals surface area contributed by atoms with Crippen LogP contribution in [0.5, 0.6) is 0 Å². The number of alkyl halides is 6. The maximum Gasteiger partial charge on any atom is 1.00 e. The average molecular weight is 1190 g/mol. The van der Waals surface area contributed by atoms with Crippen LogP contribution in [0.25, 0.3) is 68.3 Å². The van der Waals surface area contributed by atoms with Crippen LogP contribution in [0.1, 0.15) is 22.8 Å². The number of halogens is 6. The van der Waals surface area contributed by atoms with Crippen molar-refractivity contribution in [3.63, 3.8) is 0 Å². The van der Waals surface area contributed by atoms with E-state index in [2.05, 4.69) is 19.9 Å². The van der Waals surface area contributed by atoms with Gasteiger partial charge in [0.25, 0.3) is 0 Å². The first-order valence-corrected chi connectivity index (χ1v) is 22.4. The molecule has 0 aliphatic heterocycles. The molecule has 0 radical (unpaired) electrons. The SMILES string of the molecule is Cc1cccc(-c2cccc(-c3cccc(-c4cccc(C)n4)n3)n2)n1.Cc1cccc(-c2cccc(-c3cccc(-c4cccc(C)n4)n3)n2)n1.O=S(=O)([O-])C(F)(F)F.O=S(=O)([O-])C(F)(F)F.[Ag+].[Ag+]. The monoisotopic (exact) mass is 1190 g/mol. The number of rotatable bonds is 6. The van der Waals surface area contributed by atoms with Crippen molar-refractivity contribution in [3.8, 4) is 68.3 Å². The van der Waals surface area contributed by atoms with Gasteiger partial charge in [-0.05, 0) is 125 Å². The van der Waals surface area contributed by atoms with E-state index in [-0.39, 0.29) is 44.8 Å². The van der Waals surface area contributed by atoms with E-state index in [1.807, 2.05) is 173 Å². The Morgan fingerprint density at radius 3 is 0.529 bits per heavy atom. The van der Waals surface area contributed by atoms with Crippen LogP contribution in [-0.4, -0.2) is 76.8 Å². The third kappa shape index (κ3) is 17.2. The molecule has 0 unspecified atom stereocenters. The number of pyridine rings is 8. The van der Waals surface area contributed by atoms with Gasteiger partial charge in [-0.3, -0.25) is 19.9 Å². The fourth-order valence-corrected chi connectivity index (χ4v) is 5.62. The molecule has 0 aromatic carbocycles. The largest absolute Gasteiger partial charge is 1.00 e. The molecule has 0 amide bonds. The van der Waals surface area contributed by atoms with E-state index in [0.29, 0.717) is 0 Å². The summed E-state index contributed by atoms with van der Waals surface area (Å²) in [5, 5.41) is 0. The van der Waals surface area contributed by atoms with Crippen molar-refractivity contribution in [2.75, 3.05) is 0 Å². The van der Waals surface area contributed by atoms with Gasteiger partial charge in [-0.15, -0.1) is 0 Å². The summed E-state index contributed by atoms with van der Waals surface area (Å²) in [5.41, 5.74) is 2.69. The second-order valence-corrected chi connectivity index (χ2v) is 16.8. The van der Waals surface area contributed by atoms with Gasteiger partial charge in [0, 0.05) is 22.8 Å². The molecule has 0 aliphatic rings. The zero-order chi connectivity index (χ0) is 49.9. The number of hydrogen-bond donors (Lipinski definition) is 0. The van der Waals surface area contributed by atoms with Crippen molar-refractivity contribution in [2.45, 2.75) is 38.7 Å². The third-order valence-electron chi connectivity index (χ3n) is 8.69. The summed E-state index contributed by atoms with van der Waals surface area (Å²) in [6, 6.07) is 47.5. The molecule has 8 aromatic heterocycles. The fraction of sp³-hybridized carbons (Fsp3) is 0.130. The summed E-state index contributed by atoms with van der Waals surface area (Å²) in [7, 11) is -12.2. The van der Waals surface area contributed by atoms with Crippen LogP contribution in [0, 0.1) is 27.7 Å². The molecule has 0 bridgehead atoms. The summed E-state index contributed by atoms with van der Waals surface area (Å²) < 4.78 is 118. The Kier molecular flexibility index (Phi) is 21.1. The molecule has 372 valence electrons. The number of nitrogens with zero attached hydrogens (tertiary/aromatic N) is 8. The van der Waals surface area contributed by atoms with E-state index in [0.717, 1.165) is 91.1 Å². The minimum Gasteiger partial charge on any atom is -0.741 e. The van der Waals surface area contributed by atoms with Gasteiger partial charge in [0.05, 0.1) is 68.3 Å². The van der Waals surface area contributed by atoms with Gasteiger partial charge in [-0.1, -0.05) is 48.5 Å². The van der Waals surface area contributed by atoms with Crippen molar-refractivity contribution >= 4 is 20.2 Å². The van der Waals surface area contributed by atoms with Crippen LogP contribution in [-0.2, 0) is 65.0 Å². The molecule has 0 N–H and O–H groups in total. The standard InChI is InChI=1S/2C22H18N4.2CHF3O3S.2Ag/c2*1-15-7-3-9-17(23-15)19-11-5-13-21(25-19)22-14-6-12-20(26-22)18-10-4-8-16(2)24-18;2*2-1(3,4)8(5,6)7;;/h2*3-14H,1-2H3;2*(H,5,6,7);;/q;;;;2*+1/p-2. The third-order valence-corrected chi connectivity index (χ3v) is 9.83. The molecule has 0 fully saturated rings. The first kappa shape index (κ1) is 58.4. The Bertz CT molecular complexity index is 2880. The molecule has 8 heterocycles. The minimum absolute atomic E-state index is 0. The maximum absolute atomic E-state index is 10.7. The van der Waals surface area contributed by atoms with E-state index >= 15 is 0 Å². The van der Waals surface area contributed by atoms with Crippen molar-refractivity contribution in [1.29, 1.82) is 0 Å². The first-order chi connectivity index (χ1) is 31.9. The average Bonchev–Trinajstić information content (AvgIpc) is 3.29. The van der Waals surface area contributed by atoms with Gasteiger partial charge >= 0.3 is 55.8 Å². The fourth-order valence-electron chi connectivity index (χ4n) is 5.62. The maximum atomic E-state index is 10.7.